The lowest BCUT2D eigenvalue weighted by atomic mass is 9.97. The Bertz CT molecular complexity index is 545. The minimum Gasteiger partial charge on any atom is -0.394 e. The van der Waals surface area contributed by atoms with Crippen LogP contribution < -0.4 is 10.9 Å². The standard InChI is InChI=1S/C13H19N3O3/c1-8-9(2)15-16-12(19)10(8)11(18)14-13(7-17)5-3-4-6-13/h17H,3-7H2,1-2H3,(H,14,18)(H,16,19). The van der Waals surface area contributed by atoms with Gasteiger partial charge in [0.1, 0.15) is 5.56 Å². The lowest BCUT2D eigenvalue weighted by Gasteiger charge is -2.28. The van der Waals surface area contributed by atoms with Crippen LogP contribution in [0.4, 0.5) is 0 Å². The Balaban J connectivity index is 2.30. The van der Waals surface area contributed by atoms with Crippen LogP contribution in [0.2, 0.25) is 0 Å². The summed E-state index contributed by atoms with van der Waals surface area (Å²) in [5, 5.41) is 18.5. The molecule has 1 aliphatic rings. The maximum Gasteiger partial charge on any atom is 0.277 e. The number of aromatic nitrogens is 2. The molecule has 2 rings (SSSR count). The second-order valence-electron chi connectivity index (χ2n) is 5.24. The summed E-state index contributed by atoms with van der Waals surface area (Å²) in [6.45, 7) is 3.34. The molecular formula is C13H19N3O3. The number of hydrogen-bond donors (Lipinski definition) is 3. The molecule has 3 N–H and O–H groups in total. The summed E-state index contributed by atoms with van der Waals surface area (Å²) >= 11 is 0. The Kier molecular flexibility index (Phi) is 3.71. The van der Waals surface area contributed by atoms with E-state index in [1.807, 2.05) is 0 Å². The highest BCUT2D eigenvalue weighted by Crippen LogP contribution is 2.29. The van der Waals surface area contributed by atoms with E-state index in [1.54, 1.807) is 13.8 Å². The quantitative estimate of drug-likeness (QED) is 0.738. The SMILES string of the molecule is Cc1n[nH]c(=O)c(C(=O)NC2(CO)CCCC2)c1C. The van der Waals surface area contributed by atoms with Crippen LogP contribution in [-0.4, -0.2) is 33.4 Å². The van der Waals surface area contributed by atoms with Gasteiger partial charge in [0.25, 0.3) is 11.5 Å². The highest BCUT2D eigenvalue weighted by molar-refractivity contribution is 5.95. The van der Waals surface area contributed by atoms with Crippen LogP contribution in [0.25, 0.3) is 0 Å². The number of aryl methyl sites for hydroxylation is 1. The molecule has 1 heterocycles. The predicted octanol–water partition coefficient (Wildman–Crippen LogP) is 0.422. The van der Waals surface area contributed by atoms with Gasteiger partial charge < -0.3 is 10.4 Å². The molecule has 1 aromatic rings. The number of aliphatic hydroxyl groups excluding tert-OH is 1. The van der Waals surface area contributed by atoms with Crippen LogP contribution in [0, 0.1) is 13.8 Å². The molecule has 6 nitrogen and oxygen atoms in total. The third-order valence-corrected chi connectivity index (χ3v) is 3.94. The first-order valence-corrected chi connectivity index (χ1v) is 6.48. The van der Waals surface area contributed by atoms with Gasteiger partial charge in [-0.2, -0.15) is 5.10 Å². The molecule has 0 aliphatic heterocycles. The number of carbonyl (C=O) groups is 1. The molecule has 1 amide bonds. The summed E-state index contributed by atoms with van der Waals surface area (Å²) < 4.78 is 0. The normalized spacial score (nSPS) is 17.4. The Morgan fingerprint density at radius 2 is 2.05 bits per heavy atom. The fourth-order valence-electron chi connectivity index (χ4n) is 2.58. The molecule has 1 fully saturated rings. The summed E-state index contributed by atoms with van der Waals surface area (Å²) in [4.78, 5) is 24.0. The van der Waals surface area contributed by atoms with Crippen molar-refractivity contribution in [2.24, 2.45) is 0 Å². The third-order valence-electron chi connectivity index (χ3n) is 3.94. The van der Waals surface area contributed by atoms with Crippen molar-refractivity contribution in [2.45, 2.75) is 45.1 Å². The first kappa shape index (κ1) is 13.7. The van der Waals surface area contributed by atoms with Crippen LogP contribution in [0.3, 0.4) is 0 Å². The number of nitrogens with one attached hydrogen (secondary N) is 2. The van der Waals surface area contributed by atoms with E-state index in [1.165, 1.54) is 0 Å². The number of rotatable bonds is 3. The molecule has 1 aliphatic carbocycles. The number of aliphatic hydroxyl groups is 1. The van der Waals surface area contributed by atoms with Gasteiger partial charge in [-0.05, 0) is 32.3 Å². The van der Waals surface area contributed by atoms with Gasteiger partial charge in [0.15, 0.2) is 0 Å². The second kappa shape index (κ2) is 5.13. The van der Waals surface area contributed by atoms with E-state index >= 15 is 0 Å². The van der Waals surface area contributed by atoms with Crippen LogP contribution in [0.1, 0.15) is 47.3 Å². The van der Waals surface area contributed by atoms with Gasteiger partial charge in [-0.25, -0.2) is 5.10 Å². The molecule has 0 unspecified atom stereocenters. The first-order chi connectivity index (χ1) is 8.99. The van der Waals surface area contributed by atoms with Crippen molar-refractivity contribution in [1.82, 2.24) is 15.5 Å². The van der Waals surface area contributed by atoms with Gasteiger partial charge in [-0.15, -0.1) is 0 Å². The Hall–Kier alpha value is -1.69. The van der Waals surface area contributed by atoms with Crippen molar-refractivity contribution in [2.75, 3.05) is 6.61 Å². The summed E-state index contributed by atoms with van der Waals surface area (Å²) in [6, 6.07) is 0. The molecule has 0 saturated heterocycles. The van der Waals surface area contributed by atoms with Gasteiger partial charge >= 0.3 is 0 Å². The molecule has 1 aromatic heterocycles. The van der Waals surface area contributed by atoms with E-state index < -0.39 is 17.0 Å². The van der Waals surface area contributed by atoms with Crippen molar-refractivity contribution in [1.29, 1.82) is 0 Å². The van der Waals surface area contributed by atoms with Crippen molar-refractivity contribution < 1.29 is 9.90 Å². The lowest BCUT2D eigenvalue weighted by Crippen LogP contribution is -2.50. The zero-order valence-corrected chi connectivity index (χ0v) is 11.2. The van der Waals surface area contributed by atoms with E-state index in [2.05, 4.69) is 15.5 Å². The predicted molar refractivity (Wildman–Crippen MR) is 70.1 cm³/mol. The largest absolute Gasteiger partial charge is 0.394 e. The van der Waals surface area contributed by atoms with Crippen LogP contribution in [0.15, 0.2) is 4.79 Å². The number of hydrogen-bond acceptors (Lipinski definition) is 4. The van der Waals surface area contributed by atoms with Crippen molar-refractivity contribution in [3.05, 3.63) is 27.2 Å². The highest BCUT2D eigenvalue weighted by atomic mass is 16.3. The van der Waals surface area contributed by atoms with Crippen molar-refractivity contribution >= 4 is 5.91 Å². The molecule has 0 spiro atoms. The number of H-pyrrole nitrogens is 1. The van der Waals surface area contributed by atoms with Crippen LogP contribution in [-0.2, 0) is 0 Å². The van der Waals surface area contributed by atoms with Gasteiger partial charge in [0, 0.05) is 0 Å². The van der Waals surface area contributed by atoms with Crippen molar-refractivity contribution in [3.63, 3.8) is 0 Å². The minimum absolute atomic E-state index is 0.0900. The molecule has 0 bridgehead atoms. The van der Waals surface area contributed by atoms with Gasteiger partial charge in [0.2, 0.25) is 0 Å². The molecular weight excluding hydrogens is 246 g/mol. The molecule has 0 aromatic carbocycles. The summed E-state index contributed by atoms with van der Waals surface area (Å²) in [5.41, 5.74) is 0.216. The minimum atomic E-state index is -0.576. The van der Waals surface area contributed by atoms with Gasteiger partial charge in [-0.3, -0.25) is 9.59 Å². The zero-order chi connectivity index (χ0) is 14.0. The molecule has 6 heteroatoms. The van der Waals surface area contributed by atoms with E-state index in [-0.39, 0.29) is 12.2 Å². The highest BCUT2D eigenvalue weighted by Gasteiger charge is 2.35. The summed E-state index contributed by atoms with van der Waals surface area (Å²) in [7, 11) is 0. The monoisotopic (exact) mass is 265 g/mol. The molecule has 0 radical (unpaired) electrons. The van der Waals surface area contributed by atoms with Crippen LogP contribution in [0.5, 0.6) is 0 Å². The number of nitrogens with zero attached hydrogens (tertiary/aromatic N) is 1. The number of aromatic amines is 1. The first-order valence-electron chi connectivity index (χ1n) is 6.48. The summed E-state index contributed by atoms with van der Waals surface area (Å²) in [6.07, 6.45) is 3.45. The maximum atomic E-state index is 12.3. The van der Waals surface area contributed by atoms with E-state index in [4.69, 9.17) is 0 Å². The second-order valence-corrected chi connectivity index (χ2v) is 5.24. The van der Waals surface area contributed by atoms with E-state index in [0.717, 1.165) is 25.7 Å². The zero-order valence-electron chi connectivity index (χ0n) is 11.2. The molecule has 19 heavy (non-hydrogen) atoms. The topological polar surface area (TPSA) is 95.1 Å². The Morgan fingerprint density at radius 1 is 1.42 bits per heavy atom. The van der Waals surface area contributed by atoms with E-state index in [0.29, 0.717) is 11.3 Å². The van der Waals surface area contributed by atoms with Gasteiger partial charge in [-0.1, -0.05) is 12.8 Å². The third kappa shape index (κ3) is 2.53. The summed E-state index contributed by atoms with van der Waals surface area (Å²) in [5.74, 6) is -0.430. The van der Waals surface area contributed by atoms with E-state index in [9.17, 15) is 14.7 Å². The molecule has 104 valence electrons. The maximum absolute atomic E-state index is 12.3. The lowest BCUT2D eigenvalue weighted by molar-refractivity contribution is 0.0836. The smallest absolute Gasteiger partial charge is 0.277 e. The Morgan fingerprint density at radius 3 is 2.63 bits per heavy atom. The average molecular weight is 265 g/mol. The molecule has 0 atom stereocenters. The van der Waals surface area contributed by atoms with Crippen LogP contribution >= 0.6 is 0 Å². The Labute approximate surface area is 111 Å². The number of amides is 1. The van der Waals surface area contributed by atoms with Crippen molar-refractivity contribution in [3.8, 4) is 0 Å². The average Bonchev–Trinajstić information content (AvgIpc) is 2.83. The molecule has 1 saturated carbocycles. The fourth-order valence-corrected chi connectivity index (χ4v) is 2.58. The van der Waals surface area contributed by atoms with Gasteiger partial charge in [0.05, 0.1) is 17.8 Å². The fraction of sp³-hybridized carbons (Fsp3) is 0.615. The number of carbonyl (C=O) groups excluding carboxylic acids is 1.